The van der Waals surface area contributed by atoms with Crippen LogP contribution in [0.2, 0.25) is 5.02 Å². The van der Waals surface area contributed by atoms with E-state index in [1.165, 1.54) is 0 Å². The van der Waals surface area contributed by atoms with E-state index in [1.807, 2.05) is 0 Å². The molecule has 1 aromatic carbocycles. The lowest BCUT2D eigenvalue weighted by atomic mass is 10.0. The largest absolute Gasteiger partial charge is 0.491 e. The van der Waals surface area contributed by atoms with Crippen molar-refractivity contribution < 1.29 is 9.90 Å². The van der Waals surface area contributed by atoms with Crippen LogP contribution in [0.25, 0.3) is 0 Å². The van der Waals surface area contributed by atoms with Gasteiger partial charge in [0.1, 0.15) is 0 Å². The van der Waals surface area contributed by atoms with Gasteiger partial charge in [0.05, 0.1) is 5.69 Å². The molecule has 1 aliphatic rings. The summed E-state index contributed by atoms with van der Waals surface area (Å²) in [5, 5.41) is 9.63. The minimum Gasteiger partial charge on any atom is -0.491 e. The normalized spacial score (nSPS) is 15.2. The van der Waals surface area contributed by atoms with Crippen LogP contribution >= 0.6 is 11.6 Å². The number of ketones is 1. The number of benzene rings is 1. The first-order valence-electron chi connectivity index (χ1n) is 3.76. The smallest absolute Gasteiger partial charge is 0.256 e. The predicted molar refractivity (Wildman–Crippen MR) is 49.9 cm³/mol. The van der Waals surface area contributed by atoms with Crippen LogP contribution in [-0.2, 0) is 11.2 Å². The molecule has 0 amide bonds. The molecule has 4 heteroatoms. The summed E-state index contributed by atoms with van der Waals surface area (Å²) < 4.78 is 0. The van der Waals surface area contributed by atoms with E-state index in [0.717, 1.165) is 5.56 Å². The second-order valence-corrected chi connectivity index (χ2v) is 3.24. The number of carbonyl (C=O) groups is 1. The molecular weight excluding hydrogens is 190 g/mol. The molecule has 3 nitrogen and oxygen atoms in total. The van der Waals surface area contributed by atoms with E-state index in [0.29, 0.717) is 10.7 Å². The first-order chi connectivity index (χ1) is 6.16. The van der Waals surface area contributed by atoms with Gasteiger partial charge < -0.3 is 5.11 Å². The Morgan fingerprint density at radius 2 is 2.23 bits per heavy atom. The second kappa shape index (κ2) is 2.85. The van der Waals surface area contributed by atoms with Gasteiger partial charge in [0, 0.05) is 11.4 Å². The Bertz CT molecular complexity index is 412. The van der Waals surface area contributed by atoms with Crippen molar-refractivity contribution in [3.63, 3.8) is 0 Å². The number of halogens is 1. The van der Waals surface area contributed by atoms with Crippen LogP contribution in [0.3, 0.4) is 0 Å². The van der Waals surface area contributed by atoms with Crippen LogP contribution < -0.4 is 0 Å². The maximum absolute atomic E-state index is 11.0. The Hall–Kier alpha value is -1.35. The Morgan fingerprint density at radius 1 is 1.46 bits per heavy atom. The minimum atomic E-state index is -0.421. The molecule has 0 saturated carbocycles. The summed E-state index contributed by atoms with van der Waals surface area (Å²) in [6.45, 7) is 0. The van der Waals surface area contributed by atoms with Crippen molar-refractivity contribution in [1.29, 1.82) is 0 Å². The monoisotopic (exact) mass is 195 g/mol. The van der Waals surface area contributed by atoms with Crippen LogP contribution in [-0.4, -0.2) is 16.8 Å². The standard InChI is InChI=1S/C9H6ClNO2/c10-6-1-2-7-5(3-6)4-8(12)9(13)11-7/h1-3H,4H2,(H,11,13). The molecule has 0 fully saturated rings. The Morgan fingerprint density at radius 3 is 3.00 bits per heavy atom. The summed E-state index contributed by atoms with van der Waals surface area (Å²) in [7, 11) is 0. The van der Waals surface area contributed by atoms with Gasteiger partial charge in [-0.05, 0) is 23.8 Å². The molecule has 0 spiro atoms. The number of rotatable bonds is 0. The fourth-order valence-corrected chi connectivity index (χ4v) is 1.43. The maximum Gasteiger partial charge on any atom is 0.256 e. The van der Waals surface area contributed by atoms with E-state index >= 15 is 0 Å². The van der Waals surface area contributed by atoms with Crippen LogP contribution in [0.4, 0.5) is 5.69 Å². The van der Waals surface area contributed by atoms with Crippen LogP contribution in [0.5, 0.6) is 0 Å². The number of Topliss-reactive ketones (excluding diaryl/α,β-unsaturated/α-hetero) is 1. The molecule has 2 rings (SSSR count). The van der Waals surface area contributed by atoms with Gasteiger partial charge >= 0.3 is 0 Å². The number of hydrogen-bond donors (Lipinski definition) is 1. The third-order valence-electron chi connectivity index (χ3n) is 1.87. The Kier molecular flexibility index (Phi) is 1.81. The van der Waals surface area contributed by atoms with E-state index in [-0.39, 0.29) is 12.2 Å². The van der Waals surface area contributed by atoms with Crippen LogP contribution in [0.15, 0.2) is 23.2 Å². The minimum absolute atomic E-state index is 0.172. The summed E-state index contributed by atoms with van der Waals surface area (Å²) in [6, 6.07) is 5.04. The average molecular weight is 196 g/mol. The summed E-state index contributed by atoms with van der Waals surface area (Å²) in [4.78, 5) is 14.8. The molecule has 66 valence electrons. The number of fused-ring (bicyclic) bond motifs is 1. The predicted octanol–water partition coefficient (Wildman–Crippen LogP) is 2.05. The first-order valence-corrected chi connectivity index (χ1v) is 4.14. The highest BCUT2D eigenvalue weighted by molar-refractivity contribution is 6.37. The molecule has 1 N–H and O–H groups in total. The number of aliphatic imine (C=N–C) groups is 1. The highest BCUT2D eigenvalue weighted by atomic mass is 35.5. The second-order valence-electron chi connectivity index (χ2n) is 2.81. The molecule has 0 radical (unpaired) electrons. The van der Waals surface area contributed by atoms with Crippen LogP contribution in [0.1, 0.15) is 5.56 Å². The quantitative estimate of drug-likeness (QED) is 0.689. The lowest BCUT2D eigenvalue weighted by Crippen LogP contribution is -2.19. The third kappa shape index (κ3) is 1.42. The van der Waals surface area contributed by atoms with E-state index < -0.39 is 5.90 Å². The summed E-state index contributed by atoms with van der Waals surface area (Å²) in [5.74, 6) is -0.787. The number of nitrogens with zero attached hydrogens (tertiary/aromatic N) is 1. The molecule has 1 aliphatic heterocycles. The molecule has 0 saturated heterocycles. The molecule has 13 heavy (non-hydrogen) atoms. The fraction of sp³-hybridized carbons (Fsp3) is 0.111. The fourth-order valence-electron chi connectivity index (χ4n) is 1.23. The zero-order valence-corrected chi connectivity index (χ0v) is 7.38. The molecular formula is C9H6ClNO2. The van der Waals surface area contributed by atoms with Crippen molar-refractivity contribution in [2.24, 2.45) is 4.99 Å². The molecule has 0 unspecified atom stereocenters. The molecule has 0 aromatic heterocycles. The molecule has 0 bridgehead atoms. The van der Waals surface area contributed by atoms with E-state index in [9.17, 15) is 4.79 Å². The first kappa shape index (κ1) is 8.26. The average Bonchev–Trinajstić information content (AvgIpc) is 2.08. The van der Waals surface area contributed by atoms with Gasteiger partial charge in [-0.15, -0.1) is 0 Å². The topological polar surface area (TPSA) is 49.7 Å². The summed E-state index contributed by atoms with van der Waals surface area (Å²) in [6.07, 6.45) is 0.172. The van der Waals surface area contributed by atoms with Crippen molar-refractivity contribution in [2.45, 2.75) is 6.42 Å². The Balaban J connectivity index is 2.56. The van der Waals surface area contributed by atoms with Crippen molar-refractivity contribution in [3.05, 3.63) is 28.8 Å². The van der Waals surface area contributed by atoms with Gasteiger partial charge in [-0.3, -0.25) is 4.79 Å². The van der Waals surface area contributed by atoms with E-state index in [4.69, 9.17) is 16.7 Å². The molecule has 0 atom stereocenters. The van der Waals surface area contributed by atoms with Crippen molar-refractivity contribution in [3.8, 4) is 0 Å². The van der Waals surface area contributed by atoms with Crippen molar-refractivity contribution >= 4 is 29.0 Å². The summed E-state index contributed by atoms with van der Waals surface area (Å²) >= 11 is 5.74. The van der Waals surface area contributed by atoms with Crippen LogP contribution in [0, 0.1) is 0 Å². The van der Waals surface area contributed by atoms with E-state index in [1.54, 1.807) is 18.2 Å². The zero-order chi connectivity index (χ0) is 9.42. The third-order valence-corrected chi connectivity index (χ3v) is 2.10. The van der Waals surface area contributed by atoms with Gasteiger partial charge in [-0.1, -0.05) is 11.6 Å². The highest BCUT2D eigenvalue weighted by Gasteiger charge is 2.19. The highest BCUT2D eigenvalue weighted by Crippen LogP contribution is 2.26. The van der Waals surface area contributed by atoms with Gasteiger partial charge in [-0.2, -0.15) is 0 Å². The number of aliphatic hydroxyl groups is 1. The van der Waals surface area contributed by atoms with E-state index in [2.05, 4.69) is 4.99 Å². The number of aliphatic hydroxyl groups excluding tert-OH is 1. The zero-order valence-electron chi connectivity index (χ0n) is 6.62. The SMILES string of the molecule is O=C1Cc2cc(Cl)ccc2N=C1O. The lowest BCUT2D eigenvalue weighted by molar-refractivity contribution is -0.113. The summed E-state index contributed by atoms with van der Waals surface area (Å²) in [5.41, 5.74) is 1.37. The van der Waals surface area contributed by atoms with Gasteiger partial charge in [0.2, 0.25) is 5.78 Å². The molecule has 0 aliphatic carbocycles. The van der Waals surface area contributed by atoms with Crippen molar-refractivity contribution in [1.82, 2.24) is 0 Å². The maximum atomic E-state index is 11.0. The lowest BCUT2D eigenvalue weighted by Gasteiger charge is -2.10. The van der Waals surface area contributed by atoms with Gasteiger partial charge in [0.25, 0.3) is 5.90 Å². The molecule has 1 heterocycles. The van der Waals surface area contributed by atoms with Gasteiger partial charge in [0.15, 0.2) is 0 Å². The number of hydrogen-bond acceptors (Lipinski definition) is 2. The van der Waals surface area contributed by atoms with Crippen molar-refractivity contribution in [2.75, 3.05) is 0 Å². The Labute approximate surface area is 79.7 Å². The van der Waals surface area contributed by atoms with Gasteiger partial charge in [-0.25, -0.2) is 4.99 Å². The number of carbonyl (C=O) groups excluding carboxylic acids is 1. The molecule has 1 aromatic rings.